The molecule has 1 aliphatic heterocycles. The standard InChI is InChI=1S/C26H24N2O4S/c1-4-32-25(30)22-17(2)27-26-28(23(22)19-14-8-9-15-20(19)31-3)24(29)21(33-26)16-10-13-18-11-6-5-7-12-18/h5-16,23H,4H2,1-3H3/b13-10-,21-16?/t23-/m0/s1. The molecule has 0 N–H and O–H groups in total. The number of hydrogen-bond donors (Lipinski definition) is 0. The predicted molar refractivity (Wildman–Crippen MR) is 130 cm³/mol. The van der Waals surface area contributed by atoms with Gasteiger partial charge in [0.1, 0.15) is 11.8 Å². The van der Waals surface area contributed by atoms with Crippen LogP contribution in [0.15, 0.2) is 81.7 Å². The number of carbonyl (C=O) groups excluding carboxylic acids is 1. The van der Waals surface area contributed by atoms with Crippen LogP contribution in [0.1, 0.15) is 31.0 Å². The van der Waals surface area contributed by atoms with Gasteiger partial charge >= 0.3 is 5.97 Å². The molecule has 3 aromatic rings. The molecule has 1 aromatic heterocycles. The molecule has 4 rings (SSSR count). The van der Waals surface area contributed by atoms with Gasteiger partial charge in [0.05, 0.1) is 29.5 Å². The van der Waals surface area contributed by atoms with E-state index in [1.54, 1.807) is 31.6 Å². The molecule has 0 aliphatic carbocycles. The van der Waals surface area contributed by atoms with Gasteiger partial charge in [-0.25, -0.2) is 9.79 Å². The van der Waals surface area contributed by atoms with Crippen molar-refractivity contribution in [2.75, 3.05) is 13.7 Å². The van der Waals surface area contributed by atoms with Crippen LogP contribution in [0.2, 0.25) is 0 Å². The van der Waals surface area contributed by atoms with Crippen LogP contribution in [0.25, 0.3) is 12.2 Å². The van der Waals surface area contributed by atoms with Gasteiger partial charge < -0.3 is 9.47 Å². The van der Waals surface area contributed by atoms with E-state index in [1.807, 2.05) is 66.7 Å². The first kappa shape index (κ1) is 22.5. The number of benzene rings is 2. The Morgan fingerprint density at radius 1 is 1.15 bits per heavy atom. The van der Waals surface area contributed by atoms with E-state index in [4.69, 9.17) is 9.47 Å². The highest BCUT2D eigenvalue weighted by Crippen LogP contribution is 2.35. The Bertz CT molecular complexity index is 1410. The number of rotatable bonds is 6. The maximum atomic E-state index is 13.5. The summed E-state index contributed by atoms with van der Waals surface area (Å²) in [6.45, 7) is 3.74. The largest absolute Gasteiger partial charge is 0.496 e. The first-order valence-electron chi connectivity index (χ1n) is 10.6. The van der Waals surface area contributed by atoms with Crippen LogP contribution in [0.5, 0.6) is 5.75 Å². The monoisotopic (exact) mass is 460 g/mol. The summed E-state index contributed by atoms with van der Waals surface area (Å²) in [7, 11) is 1.57. The molecule has 0 amide bonds. The molecule has 0 saturated heterocycles. The van der Waals surface area contributed by atoms with E-state index in [0.717, 1.165) is 5.56 Å². The predicted octanol–water partition coefficient (Wildman–Crippen LogP) is 3.47. The maximum absolute atomic E-state index is 13.5. The third-order valence-electron chi connectivity index (χ3n) is 5.29. The summed E-state index contributed by atoms with van der Waals surface area (Å²) in [5.41, 5.74) is 2.37. The number of hydrogen-bond acceptors (Lipinski definition) is 6. The number of allylic oxidation sites excluding steroid dienone is 2. The molecule has 0 saturated carbocycles. The Labute approximate surface area is 195 Å². The van der Waals surface area contributed by atoms with Gasteiger partial charge in [0, 0.05) is 5.56 Å². The highest BCUT2D eigenvalue weighted by Gasteiger charge is 2.34. The molecule has 6 nitrogen and oxygen atoms in total. The molecule has 0 unspecified atom stereocenters. The first-order valence-corrected chi connectivity index (χ1v) is 11.4. The van der Waals surface area contributed by atoms with E-state index in [2.05, 4.69) is 4.99 Å². The minimum absolute atomic E-state index is 0.221. The zero-order valence-electron chi connectivity index (χ0n) is 18.6. The van der Waals surface area contributed by atoms with Gasteiger partial charge in [-0.2, -0.15) is 0 Å². The van der Waals surface area contributed by atoms with E-state index in [1.165, 1.54) is 11.3 Å². The number of aromatic nitrogens is 1. The van der Waals surface area contributed by atoms with Crippen LogP contribution in [-0.2, 0) is 9.53 Å². The van der Waals surface area contributed by atoms with Gasteiger partial charge in [0.15, 0.2) is 4.80 Å². The quantitative estimate of drug-likeness (QED) is 0.528. The fraction of sp³-hybridized carbons (Fsp3) is 0.192. The van der Waals surface area contributed by atoms with Crippen molar-refractivity contribution in [2.45, 2.75) is 19.9 Å². The fourth-order valence-corrected chi connectivity index (χ4v) is 4.80. The van der Waals surface area contributed by atoms with Gasteiger partial charge in [-0.15, -0.1) is 0 Å². The topological polar surface area (TPSA) is 69.9 Å². The van der Waals surface area contributed by atoms with Crippen molar-refractivity contribution >= 4 is 29.5 Å². The van der Waals surface area contributed by atoms with Gasteiger partial charge in [-0.3, -0.25) is 9.36 Å². The van der Waals surface area contributed by atoms with Crippen molar-refractivity contribution in [3.8, 4) is 5.75 Å². The number of para-hydroxylation sites is 1. The summed E-state index contributed by atoms with van der Waals surface area (Å²) in [4.78, 5) is 31.6. The second-order valence-corrected chi connectivity index (χ2v) is 8.35. The number of thiazole rings is 1. The van der Waals surface area contributed by atoms with E-state index in [-0.39, 0.29) is 12.2 Å². The van der Waals surface area contributed by atoms with Crippen molar-refractivity contribution < 1.29 is 14.3 Å². The molecule has 168 valence electrons. The van der Waals surface area contributed by atoms with Crippen molar-refractivity contribution in [3.05, 3.63) is 103 Å². The maximum Gasteiger partial charge on any atom is 0.338 e. The number of nitrogens with zero attached hydrogens (tertiary/aromatic N) is 2. The smallest absolute Gasteiger partial charge is 0.338 e. The molecule has 7 heteroatoms. The number of ether oxygens (including phenoxy) is 2. The zero-order valence-corrected chi connectivity index (χ0v) is 19.5. The Balaban J connectivity index is 1.90. The number of fused-ring (bicyclic) bond motifs is 1. The highest BCUT2D eigenvalue weighted by atomic mass is 32.1. The van der Waals surface area contributed by atoms with Gasteiger partial charge in [0.25, 0.3) is 5.56 Å². The van der Waals surface area contributed by atoms with E-state index >= 15 is 0 Å². The molecular weight excluding hydrogens is 436 g/mol. The summed E-state index contributed by atoms with van der Waals surface area (Å²) in [5, 5.41) is 0. The summed E-state index contributed by atoms with van der Waals surface area (Å²) >= 11 is 1.29. The van der Waals surface area contributed by atoms with Crippen LogP contribution in [-0.4, -0.2) is 24.3 Å². The molecule has 2 heterocycles. The zero-order chi connectivity index (χ0) is 23.4. The molecule has 1 aliphatic rings. The Morgan fingerprint density at radius 2 is 1.88 bits per heavy atom. The van der Waals surface area contributed by atoms with Crippen molar-refractivity contribution in [3.63, 3.8) is 0 Å². The Morgan fingerprint density at radius 3 is 2.61 bits per heavy atom. The minimum atomic E-state index is -0.697. The van der Waals surface area contributed by atoms with Gasteiger partial charge in [0.2, 0.25) is 0 Å². The molecular formula is C26H24N2O4S. The molecule has 0 radical (unpaired) electrons. The molecule has 2 aromatic carbocycles. The normalized spacial score (nSPS) is 16.0. The molecule has 0 spiro atoms. The van der Waals surface area contributed by atoms with E-state index in [9.17, 15) is 9.59 Å². The Hall–Kier alpha value is -3.71. The van der Waals surface area contributed by atoms with Crippen molar-refractivity contribution in [1.29, 1.82) is 0 Å². The third-order valence-corrected chi connectivity index (χ3v) is 6.29. The van der Waals surface area contributed by atoms with Crippen LogP contribution < -0.4 is 19.6 Å². The summed E-state index contributed by atoms with van der Waals surface area (Å²) in [5.74, 6) is 0.0884. The van der Waals surface area contributed by atoms with E-state index in [0.29, 0.717) is 31.9 Å². The third kappa shape index (κ3) is 4.45. The van der Waals surface area contributed by atoms with Crippen LogP contribution in [0, 0.1) is 0 Å². The number of methoxy groups -OCH3 is 1. The van der Waals surface area contributed by atoms with Gasteiger partial charge in [-0.1, -0.05) is 72.0 Å². The molecule has 1 atom stereocenters. The minimum Gasteiger partial charge on any atom is -0.496 e. The van der Waals surface area contributed by atoms with Crippen LogP contribution in [0.4, 0.5) is 0 Å². The van der Waals surface area contributed by atoms with Crippen molar-refractivity contribution in [1.82, 2.24) is 4.57 Å². The fourth-order valence-electron chi connectivity index (χ4n) is 3.80. The van der Waals surface area contributed by atoms with Crippen molar-refractivity contribution in [2.24, 2.45) is 4.99 Å². The average molecular weight is 461 g/mol. The lowest BCUT2D eigenvalue weighted by molar-refractivity contribution is -0.139. The number of esters is 1. The highest BCUT2D eigenvalue weighted by molar-refractivity contribution is 7.07. The van der Waals surface area contributed by atoms with E-state index < -0.39 is 12.0 Å². The average Bonchev–Trinajstić information content (AvgIpc) is 3.13. The summed E-state index contributed by atoms with van der Waals surface area (Å²) in [6.07, 6.45) is 5.56. The Kier molecular flexibility index (Phi) is 6.70. The lowest BCUT2D eigenvalue weighted by Gasteiger charge is -2.25. The molecule has 33 heavy (non-hydrogen) atoms. The first-order chi connectivity index (χ1) is 16.0. The summed E-state index contributed by atoms with van der Waals surface area (Å²) < 4.78 is 13.0. The molecule has 0 bridgehead atoms. The SMILES string of the molecule is CCOC(=O)C1=C(C)N=c2sc(=C/C=C\c3ccccc3)c(=O)n2[C@H]1c1ccccc1OC. The van der Waals surface area contributed by atoms with Crippen LogP contribution in [0.3, 0.4) is 0 Å². The van der Waals surface area contributed by atoms with Crippen LogP contribution >= 0.6 is 11.3 Å². The lowest BCUT2D eigenvalue weighted by atomic mass is 9.95. The lowest BCUT2D eigenvalue weighted by Crippen LogP contribution is -2.40. The molecule has 0 fully saturated rings. The second-order valence-electron chi connectivity index (χ2n) is 7.34. The summed E-state index contributed by atoms with van der Waals surface area (Å²) in [6, 6.07) is 16.5. The second kappa shape index (κ2) is 9.83. The number of carbonyl (C=O) groups is 1. The van der Waals surface area contributed by atoms with Gasteiger partial charge in [-0.05, 0) is 31.6 Å².